The molecule has 0 spiro atoms. The lowest BCUT2D eigenvalue weighted by Crippen LogP contribution is -2.56. The lowest BCUT2D eigenvalue weighted by atomic mass is 10.0. The molecule has 3 atom stereocenters. The lowest BCUT2D eigenvalue weighted by molar-refractivity contribution is -0.127. The molecule has 7 nitrogen and oxygen atoms in total. The van der Waals surface area contributed by atoms with E-state index in [0.717, 1.165) is 4.88 Å². The highest BCUT2D eigenvalue weighted by molar-refractivity contribution is 7.15. The SMILES string of the molecule is Cc1sc(Cl)nc1C(=O)N[C@H]1COC[C@H]1NC(=O)[C@H](C(C)C)N(C)C. The maximum atomic E-state index is 12.6. The molecular formula is C16H25ClN4O3S. The maximum Gasteiger partial charge on any atom is 0.271 e. The monoisotopic (exact) mass is 388 g/mol. The number of amides is 2. The molecule has 9 heteroatoms. The summed E-state index contributed by atoms with van der Waals surface area (Å²) in [7, 11) is 3.76. The van der Waals surface area contributed by atoms with Crippen LogP contribution in [0.1, 0.15) is 29.2 Å². The smallest absolute Gasteiger partial charge is 0.271 e. The van der Waals surface area contributed by atoms with Crippen molar-refractivity contribution in [2.45, 2.75) is 38.9 Å². The summed E-state index contributed by atoms with van der Waals surface area (Å²) in [5.41, 5.74) is 0.320. The molecule has 1 aromatic rings. The van der Waals surface area contributed by atoms with Gasteiger partial charge in [0, 0.05) is 4.88 Å². The number of hydrogen-bond acceptors (Lipinski definition) is 6. The molecular weight excluding hydrogens is 364 g/mol. The minimum Gasteiger partial charge on any atom is -0.377 e. The fourth-order valence-corrected chi connectivity index (χ4v) is 4.11. The van der Waals surface area contributed by atoms with Crippen LogP contribution in [-0.4, -0.2) is 67.1 Å². The number of hydrogen-bond donors (Lipinski definition) is 2. The number of likely N-dealkylation sites (N-methyl/N-ethyl adjacent to an activating group) is 1. The second-order valence-electron chi connectivity index (χ2n) is 6.76. The van der Waals surface area contributed by atoms with Gasteiger partial charge in [-0.05, 0) is 26.9 Å². The molecule has 2 rings (SSSR count). The highest BCUT2D eigenvalue weighted by Gasteiger charge is 2.34. The van der Waals surface area contributed by atoms with Crippen molar-refractivity contribution in [2.24, 2.45) is 5.92 Å². The van der Waals surface area contributed by atoms with E-state index in [1.807, 2.05) is 32.8 Å². The van der Waals surface area contributed by atoms with Crippen LogP contribution in [0.3, 0.4) is 0 Å². The summed E-state index contributed by atoms with van der Waals surface area (Å²) in [6.45, 7) is 6.52. The molecule has 0 aromatic carbocycles. The third kappa shape index (κ3) is 4.91. The van der Waals surface area contributed by atoms with Crippen molar-refractivity contribution < 1.29 is 14.3 Å². The van der Waals surface area contributed by atoms with Gasteiger partial charge >= 0.3 is 0 Å². The summed E-state index contributed by atoms with van der Waals surface area (Å²) in [6.07, 6.45) is 0. The Kier molecular flexibility index (Phi) is 6.79. The normalized spacial score (nSPS) is 21.6. The van der Waals surface area contributed by atoms with Crippen molar-refractivity contribution in [3.63, 3.8) is 0 Å². The van der Waals surface area contributed by atoms with Gasteiger partial charge in [-0.1, -0.05) is 25.4 Å². The topological polar surface area (TPSA) is 83.6 Å². The van der Waals surface area contributed by atoms with Crippen molar-refractivity contribution in [2.75, 3.05) is 27.3 Å². The minimum atomic E-state index is -0.302. The van der Waals surface area contributed by atoms with Crippen LogP contribution in [0, 0.1) is 12.8 Å². The summed E-state index contributed by atoms with van der Waals surface area (Å²) in [4.78, 5) is 31.7. The zero-order chi connectivity index (χ0) is 18.7. The highest BCUT2D eigenvalue weighted by atomic mass is 35.5. The second kappa shape index (κ2) is 8.44. The van der Waals surface area contributed by atoms with E-state index in [0.29, 0.717) is 23.4 Å². The predicted molar refractivity (Wildman–Crippen MR) is 98.2 cm³/mol. The zero-order valence-corrected chi connectivity index (χ0v) is 16.7. The van der Waals surface area contributed by atoms with E-state index < -0.39 is 0 Å². The van der Waals surface area contributed by atoms with Crippen LogP contribution in [0.5, 0.6) is 0 Å². The van der Waals surface area contributed by atoms with E-state index in [-0.39, 0.29) is 35.9 Å². The standard InChI is InChI=1S/C16H25ClN4O3S/c1-8(2)13(21(4)5)15(23)19-11-7-24-6-10(11)18-14(22)12-9(3)25-16(17)20-12/h8,10-11,13H,6-7H2,1-5H3,(H,18,22)(H,19,23)/t10-,11+,13-/m0/s1. The average molecular weight is 389 g/mol. The molecule has 2 amide bonds. The van der Waals surface area contributed by atoms with Crippen LogP contribution in [-0.2, 0) is 9.53 Å². The predicted octanol–water partition coefficient (Wildman–Crippen LogP) is 1.30. The van der Waals surface area contributed by atoms with Gasteiger partial charge in [0.15, 0.2) is 4.47 Å². The lowest BCUT2D eigenvalue weighted by Gasteiger charge is -2.29. The highest BCUT2D eigenvalue weighted by Crippen LogP contribution is 2.22. The summed E-state index contributed by atoms with van der Waals surface area (Å²) >= 11 is 7.12. The third-order valence-corrected chi connectivity index (χ3v) is 5.24. The minimum absolute atomic E-state index is 0.0670. The van der Waals surface area contributed by atoms with E-state index >= 15 is 0 Å². The first kappa shape index (κ1) is 20.1. The molecule has 0 radical (unpaired) electrons. The Bertz CT molecular complexity index is 627. The van der Waals surface area contributed by atoms with Crippen molar-refractivity contribution in [3.8, 4) is 0 Å². The number of carbonyl (C=O) groups excluding carboxylic acids is 2. The third-order valence-electron chi connectivity index (χ3n) is 4.17. The molecule has 1 aromatic heterocycles. The number of aromatic nitrogens is 1. The van der Waals surface area contributed by atoms with Gasteiger partial charge in [-0.15, -0.1) is 11.3 Å². The summed E-state index contributed by atoms with van der Waals surface area (Å²) < 4.78 is 5.79. The zero-order valence-electron chi connectivity index (χ0n) is 15.1. The molecule has 2 heterocycles. The Morgan fingerprint density at radius 3 is 2.36 bits per heavy atom. The number of aryl methyl sites for hydroxylation is 1. The number of thiazole rings is 1. The Labute approximate surface area is 157 Å². The Balaban J connectivity index is 2.01. The van der Waals surface area contributed by atoms with E-state index in [1.165, 1.54) is 11.3 Å². The molecule has 1 saturated heterocycles. The Morgan fingerprint density at radius 2 is 1.88 bits per heavy atom. The number of nitrogens with zero attached hydrogens (tertiary/aromatic N) is 2. The summed E-state index contributed by atoms with van der Waals surface area (Å²) in [5, 5.41) is 5.90. The van der Waals surface area contributed by atoms with E-state index in [4.69, 9.17) is 16.3 Å². The number of rotatable bonds is 6. The molecule has 25 heavy (non-hydrogen) atoms. The van der Waals surface area contributed by atoms with Gasteiger partial charge in [-0.25, -0.2) is 4.98 Å². The van der Waals surface area contributed by atoms with E-state index in [1.54, 1.807) is 6.92 Å². The van der Waals surface area contributed by atoms with Gasteiger partial charge in [0.1, 0.15) is 5.69 Å². The quantitative estimate of drug-likeness (QED) is 0.767. The number of halogens is 1. The van der Waals surface area contributed by atoms with Gasteiger partial charge in [0.2, 0.25) is 5.91 Å². The van der Waals surface area contributed by atoms with Crippen molar-refractivity contribution in [1.29, 1.82) is 0 Å². The number of nitrogens with one attached hydrogen (secondary N) is 2. The summed E-state index contributed by atoms with van der Waals surface area (Å²) in [5.74, 6) is -0.198. The van der Waals surface area contributed by atoms with Crippen LogP contribution >= 0.6 is 22.9 Å². The fourth-order valence-electron chi connectivity index (χ4n) is 3.05. The van der Waals surface area contributed by atoms with Crippen LogP contribution in [0.25, 0.3) is 0 Å². The average Bonchev–Trinajstić information content (AvgIpc) is 3.04. The molecule has 1 aliphatic heterocycles. The van der Waals surface area contributed by atoms with Crippen molar-refractivity contribution in [3.05, 3.63) is 15.0 Å². The van der Waals surface area contributed by atoms with Gasteiger partial charge in [-0.2, -0.15) is 0 Å². The summed E-state index contributed by atoms with van der Waals surface area (Å²) in [6, 6.07) is -0.810. The first-order valence-electron chi connectivity index (χ1n) is 8.19. The molecule has 140 valence electrons. The second-order valence-corrected chi connectivity index (χ2v) is 8.54. The Hall–Kier alpha value is -1.22. The maximum absolute atomic E-state index is 12.6. The molecule has 1 fully saturated rings. The van der Waals surface area contributed by atoms with Crippen LogP contribution in [0.15, 0.2) is 0 Å². The molecule has 1 aliphatic rings. The number of ether oxygens (including phenoxy) is 1. The van der Waals surface area contributed by atoms with Gasteiger partial charge < -0.3 is 15.4 Å². The number of carbonyl (C=O) groups is 2. The van der Waals surface area contributed by atoms with Gasteiger partial charge in [0.25, 0.3) is 5.91 Å². The van der Waals surface area contributed by atoms with E-state index in [2.05, 4.69) is 15.6 Å². The molecule has 0 aliphatic carbocycles. The first-order chi connectivity index (χ1) is 11.7. The molecule has 2 N–H and O–H groups in total. The molecule has 0 unspecified atom stereocenters. The van der Waals surface area contributed by atoms with Crippen LogP contribution in [0.2, 0.25) is 4.47 Å². The fraction of sp³-hybridized carbons (Fsp3) is 0.688. The largest absolute Gasteiger partial charge is 0.377 e. The van der Waals surface area contributed by atoms with Crippen LogP contribution in [0.4, 0.5) is 0 Å². The molecule has 0 saturated carbocycles. The first-order valence-corrected chi connectivity index (χ1v) is 9.38. The van der Waals surface area contributed by atoms with Crippen molar-refractivity contribution >= 4 is 34.8 Å². The van der Waals surface area contributed by atoms with Gasteiger partial charge in [-0.3, -0.25) is 14.5 Å². The Morgan fingerprint density at radius 1 is 1.28 bits per heavy atom. The molecule has 0 bridgehead atoms. The van der Waals surface area contributed by atoms with Crippen LogP contribution < -0.4 is 10.6 Å². The van der Waals surface area contributed by atoms with E-state index in [9.17, 15) is 9.59 Å². The van der Waals surface area contributed by atoms with Crippen molar-refractivity contribution in [1.82, 2.24) is 20.5 Å². The van der Waals surface area contributed by atoms with Gasteiger partial charge in [0.05, 0.1) is 31.3 Å².